The van der Waals surface area contributed by atoms with Crippen LogP contribution >= 0.6 is 25.9 Å². The number of hydrogen-bond donors (Lipinski definition) is 8. The molecule has 0 aromatic carbocycles. The molecular formula is C22H32FN3O14P2S2. The van der Waals surface area contributed by atoms with Crippen molar-refractivity contribution in [2.75, 3.05) is 26.1 Å². The zero-order chi connectivity index (χ0) is 32.2. The highest BCUT2D eigenvalue weighted by Gasteiger charge is 2.64. The first-order chi connectivity index (χ1) is 20.7. The molecule has 12 atom stereocenters. The number of nitrogens with zero attached hydrogens (tertiary/aromatic N) is 2. The molecule has 2 aromatic heterocycles. The van der Waals surface area contributed by atoms with Crippen molar-refractivity contribution in [1.82, 2.24) is 9.97 Å². The number of alkyl halides is 1. The van der Waals surface area contributed by atoms with Gasteiger partial charge in [0, 0.05) is 12.7 Å². The minimum atomic E-state index is -5.47. The molecule has 0 amide bonds. The lowest BCUT2D eigenvalue weighted by Crippen LogP contribution is -2.60. The maximum Gasteiger partial charge on any atom is 0.481 e. The van der Waals surface area contributed by atoms with Gasteiger partial charge in [0.1, 0.15) is 60.5 Å². The Morgan fingerprint density at radius 2 is 1.91 bits per heavy atom. The van der Waals surface area contributed by atoms with Gasteiger partial charge in [-0.05, 0) is 35.9 Å². The Bertz CT molecular complexity index is 1440. The van der Waals surface area contributed by atoms with Gasteiger partial charge in [-0.1, -0.05) is 0 Å². The van der Waals surface area contributed by atoms with Crippen LogP contribution in [0.4, 0.5) is 10.2 Å². The maximum atomic E-state index is 14.0. The van der Waals surface area contributed by atoms with E-state index >= 15 is 0 Å². The summed E-state index contributed by atoms with van der Waals surface area (Å²) >= 11 is 6.13. The number of aromatic nitrogens is 2. The molecule has 248 valence electrons. The second-order valence-corrected chi connectivity index (χ2v) is 15.8. The van der Waals surface area contributed by atoms with Gasteiger partial charge in [0.2, 0.25) is 0 Å². The summed E-state index contributed by atoms with van der Waals surface area (Å²) in [5.41, 5.74) is 5.82. The largest absolute Gasteiger partial charge is 0.481 e. The minimum Gasteiger partial charge on any atom is -0.393 e. The van der Waals surface area contributed by atoms with Crippen molar-refractivity contribution in [3.8, 4) is 0 Å². The number of rotatable bonds is 12. The topological polar surface area (TPSA) is 266 Å². The van der Waals surface area contributed by atoms with E-state index in [1.165, 1.54) is 24.8 Å². The monoisotopic (exact) mass is 707 g/mol. The Labute approximate surface area is 258 Å². The van der Waals surface area contributed by atoms with E-state index in [0.29, 0.717) is 15.8 Å². The van der Waals surface area contributed by atoms with Crippen LogP contribution in [-0.4, -0.2) is 120 Å². The van der Waals surface area contributed by atoms with Crippen molar-refractivity contribution < 1.29 is 71.8 Å². The SMILES string of the molecule is CO[C@]1(C2CC2)[C@H](O)[C@@H](COP(O)(=S)OP(=O)(O)OC2OC([C@@H](F)CO)C(O)C(O)C2O)O[C@H]1c1csc2c(N)ncnc12. The number of ether oxygens (including phenoxy) is 3. The van der Waals surface area contributed by atoms with Crippen molar-refractivity contribution >= 4 is 53.7 Å². The molecule has 4 heterocycles. The molecule has 2 saturated heterocycles. The number of phosphoric ester groups is 1. The molecule has 3 aliphatic rings. The Balaban J connectivity index is 1.28. The second-order valence-electron chi connectivity index (χ2n) is 10.5. The summed E-state index contributed by atoms with van der Waals surface area (Å²) in [6.45, 7) is -6.46. The van der Waals surface area contributed by atoms with E-state index in [0.717, 1.165) is 12.8 Å². The summed E-state index contributed by atoms with van der Waals surface area (Å²) in [4.78, 5) is 29.1. The standard InChI is InChI=1S/C22H32FN3O14P2S2/c1-35-22(8-2-3-8)18(31)11(37-19(22)9-6-44-17-12(9)25-7-26-20(17)24)5-36-42(34,43)40-41(32,33)39-21-15(30)13(28)14(29)16(38-21)10(23)4-27/h6-8,10-11,13-16,18-19,21,27-31H,2-5H2,1H3,(H,32,33)(H,34,43)(H2,24,25,26)/t10-,11+,13?,14?,15?,16?,18+,19-,21?,22+,42?/m0/s1. The van der Waals surface area contributed by atoms with Gasteiger partial charge in [0.05, 0.1) is 23.4 Å². The second kappa shape index (κ2) is 13.0. The zero-order valence-corrected chi connectivity index (χ0v) is 26.2. The van der Waals surface area contributed by atoms with Gasteiger partial charge in [-0.25, -0.2) is 23.2 Å². The molecule has 9 N–H and O–H groups in total. The Hall–Kier alpha value is -0.870. The van der Waals surface area contributed by atoms with Gasteiger partial charge >= 0.3 is 14.5 Å². The Kier molecular flexibility index (Phi) is 10.2. The maximum absolute atomic E-state index is 14.0. The summed E-state index contributed by atoms with van der Waals surface area (Å²) in [5, 5.41) is 52.2. The summed E-state index contributed by atoms with van der Waals surface area (Å²) < 4.78 is 58.9. The average Bonchev–Trinajstić information content (AvgIpc) is 3.66. The normalized spacial score (nSPS) is 37.9. The van der Waals surface area contributed by atoms with Crippen molar-refractivity contribution in [3.05, 3.63) is 17.3 Å². The number of fused-ring (bicyclic) bond motifs is 1. The first-order valence-corrected chi connectivity index (χ1v) is 18.1. The highest BCUT2D eigenvalue weighted by Crippen LogP contribution is 2.63. The van der Waals surface area contributed by atoms with Gasteiger partial charge in [-0.2, -0.15) is 0 Å². The van der Waals surface area contributed by atoms with Gasteiger partial charge in [-0.15, -0.1) is 11.3 Å². The van der Waals surface area contributed by atoms with E-state index in [4.69, 9.17) is 41.4 Å². The number of nitrogens with two attached hydrogens (primary N) is 1. The quantitative estimate of drug-likeness (QED) is 0.128. The molecule has 22 heteroatoms. The lowest BCUT2D eigenvalue weighted by atomic mass is 9.82. The van der Waals surface area contributed by atoms with Crippen LogP contribution in [0.2, 0.25) is 0 Å². The third-order valence-electron chi connectivity index (χ3n) is 7.78. The number of methoxy groups -OCH3 is 1. The molecule has 7 unspecified atom stereocenters. The number of aliphatic hydroxyl groups is 5. The van der Waals surface area contributed by atoms with Crippen LogP contribution in [0, 0.1) is 5.92 Å². The van der Waals surface area contributed by atoms with Crippen LogP contribution in [-0.2, 0) is 43.9 Å². The summed E-state index contributed by atoms with van der Waals surface area (Å²) in [7, 11) is -4.05. The summed E-state index contributed by atoms with van der Waals surface area (Å²) in [6, 6.07) is 0. The zero-order valence-electron chi connectivity index (χ0n) is 22.8. The van der Waals surface area contributed by atoms with Crippen LogP contribution < -0.4 is 5.73 Å². The first-order valence-electron chi connectivity index (χ1n) is 13.2. The van der Waals surface area contributed by atoms with E-state index < -0.39 is 88.5 Å². The van der Waals surface area contributed by atoms with Crippen LogP contribution in [0.1, 0.15) is 24.5 Å². The smallest absolute Gasteiger partial charge is 0.393 e. The molecule has 0 radical (unpaired) electrons. The molecule has 2 aromatic rings. The van der Waals surface area contributed by atoms with E-state index in [2.05, 4.69) is 18.8 Å². The minimum absolute atomic E-state index is 0.111. The van der Waals surface area contributed by atoms with Crippen LogP contribution in [0.3, 0.4) is 0 Å². The number of hydrogen-bond acceptors (Lipinski definition) is 17. The molecule has 2 aliphatic heterocycles. The Morgan fingerprint density at radius 3 is 2.55 bits per heavy atom. The highest BCUT2D eigenvalue weighted by molar-refractivity contribution is 8.08. The summed E-state index contributed by atoms with van der Waals surface area (Å²) in [6.07, 6.45) is -13.4. The molecule has 3 fully saturated rings. The van der Waals surface area contributed by atoms with Gasteiger partial charge < -0.3 is 59.8 Å². The lowest BCUT2D eigenvalue weighted by Gasteiger charge is -2.41. The molecule has 1 aliphatic carbocycles. The molecule has 0 spiro atoms. The first kappa shape index (κ1) is 34.5. The predicted molar refractivity (Wildman–Crippen MR) is 151 cm³/mol. The number of aliphatic hydroxyl groups excluding tert-OH is 5. The van der Waals surface area contributed by atoms with Crippen molar-refractivity contribution in [2.24, 2.45) is 5.92 Å². The number of phosphoric acid groups is 1. The molecule has 5 rings (SSSR count). The average molecular weight is 708 g/mol. The molecule has 44 heavy (non-hydrogen) atoms. The predicted octanol–water partition coefficient (Wildman–Crippen LogP) is -0.625. The number of anilines is 1. The van der Waals surface area contributed by atoms with E-state index in [1.807, 2.05) is 0 Å². The Morgan fingerprint density at radius 1 is 1.20 bits per heavy atom. The number of nitrogen functional groups attached to an aromatic ring is 1. The van der Waals surface area contributed by atoms with E-state index in [9.17, 15) is 39.2 Å². The highest BCUT2D eigenvalue weighted by atomic mass is 32.5. The third-order valence-corrected chi connectivity index (χ3v) is 12.3. The number of thiophene rings is 1. The van der Waals surface area contributed by atoms with E-state index in [-0.39, 0.29) is 11.7 Å². The lowest BCUT2D eigenvalue weighted by molar-refractivity contribution is -0.287. The molecule has 0 bridgehead atoms. The molecular weight excluding hydrogens is 675 g/mol. The van der Waals surface area contributed by atoms with Gasteiger partial charge in [-0.3, -0.25) is 4.52 Å². The fourth-order valence-electron chi connectivity index (χ4n) is 5.54. The molecule has 17 nitrogen and oxygen atoms in total. The van der Waals surface area contributed by atoms with E-state index in [1.54, 1.807) is 5.38 Å². The fourth-order valence-corrected chi connectivity index (χ4v) is 9.58. The van der Waals surface area contributed by atoms with Crippen LogP contribution in [0.15, 0.2) is 11.7 Å². The third kappa shape index (κ3) is 6.48. The molecule has 1 saturated carbocycles. The van der Waals surface area contributed by atoms with Crippen molar-refractivity contribution in [3.63, 3.8) is 0 Å². The van der Waals surface area contributed by atoms with Gasteiger partial charge in [0.15, 0.2) is 12.5 Å². The number of halogens is 1. The summed E-state index contributed by atoms with van der Waals surface area (Å²) in [5.74, 6) is 0.152. The van der Waals surface area contributed by atoms with Crippen molar-refractivity contribution in [2.45, 2.75) is 73.6 Å². The van der Waals surface area contributed by atoms with Gasteiger partial charge in [0.25, 0.3) is 0 Å². The van der Waals surface area contributed by atoms with Crippen molar-refractivity contribution in [1.29, 1.82) is 0 Å². The fraction of sp³-hybridized carbons (Fsp3) is 0.727. The van der Waals surface area contributed by atoms with Crippen LogP contribution in [0.25, 0.3) is 10.2 Å². The van der Waals surface area contributed by atoms with Crippen LogP contribution in [0.5, 0.6) is 0 Å².